The number of phenols is 1. The average molecular weight is 332 g/mol. The molecule has 5 heteroatoms. The maximum absolute atomic E-state index is 11.8. The number of carbonyl (C=O) groups is 1. The normalized spacial score (nSPS) is 17.7. The first-order valence-electron chi connectivity index (χ1n) is 7.57. The fourth-order valence-electron chi connectivity index (χ4n) is 2.35. The van der Waals surface area contributed by atoms with Gasteiger partial charge in [0.05, 0.1) is 4.91 Å². The quantitative estimate of drug-likeness (QED) is 0.677. The monoisotopic (exact) mass is 332 g/mol. The third kappa shape index (κ3) is 3.78. The van der Waals surface area contributed by atoms with Crippen LogP contribution in [0.5, 0.6) is 5.75 Å². The second kappa shape index (κ2) is 5.71. The zero-order valence-corrected chi connectivity index (χ0v) is 15.3. The van der Waals surface area contributed by atoms with Gasteiger partial charge in [-0.25, -0.2) is 0 Å². The van der Waals surface area contributed by atoms with E-state index >= 15 is 0 Å². The Hall–Kier alpha value is -1.75. The van der Waals surface area contributed by atoms with E-state index in [1.165, 1.54) is 0 Å². The van der Waals surface area contributed by atoms with Gasteiger partial charge in [-0.15, -0.1) is 0 Å². The van der Waals surface area contributed by atoms with E-state index < -0.39 is 0 Å². The maximum atomic E-state index is 11.8. The molecular formula is C18H24N2O2S. The van der Waals surface area contributed by atoms with Crippen molar-refractivity contribution >= 4 is 28.9 Å². The molecule has 4 nitrogen and oxygen atoms in total. The zero-order valence-electron chi connectivity index (χ0n) is 14.5. The van der Waals surface area contributed by atoms with Gasteiger partial charge in [0.25, 0.3) is 5.91 Å². The number of hydrogen-bond donors (Lipinski definition) is 3. The van der Waals surface area contributed by atoms with Gasteiger partial charge in [0, 0.05) is 11.1 Å². The molecule has 1 aliphatic rings. The lowest BCUT2D eigenvalue weighted by Crippen LogP contribution is -2.18. The number of carbonyl (C=O) groups excluding carboxylic acids is 1. The SMILES string of the molecule is CC(C)(C)c1cc(C=C2SC(=N)NC2=O)c(O)c(C(C)(C)C)c1. The van der Waals surface area contributed by atoms with Crippen molar-refractivity contribution in [2.75, 3.05) is 0 Å². The van der Waals surface area contributed by atoms with E-state index in [0.29, 0.717) is 10.5 Å². The summed E-state index contributed by atoms with van der Waals surface area (Å²) in [4.78, 5) is 12.3. The van der Waals surface area contributed by atoms with Crippen LogP contribution in [-0.2, 0) is 15.6 Å². The van der Waals surface area contributed by atoms with E-state index in [2.05, 4.69) is 46.9 Å². The van der Waals surface area contributed by atoms with Gasteiger partial charge in [0.15, 0.2) is 5.17 Å². The molecule has 23 heavy (non-hydrogen) atoms. The number of amidine groups is 1. The van der Waals surface area contributed by atoms with Crippen LogP contribution in [0.3, 0.4) is 0 Å². The van der Waals surface area contributed by atoms with Gasteiger partial charge in [-0.3, -0.25) is 10.2 Å². The van der Waals surface area contributed by atoms with Crippen molar-refractivity contribution in [1.29, 1.82) is 5.41 Å². The van der Waals surface area contributed by atoms with E-state index in [1.807, 2.05) is 12.1 Å². The van der Waals surface area contributed by atoms with Crippen LogP contribution in [0.2, 0.25) is 0 Å². The number of nitrogens with one attached hydrogen (secondary N) is 2. The summed E-state index contributed by atoms with van der Waals surface area (Å²) in [6, 6.07) is 3.97. The van der Waals surface area contributed by atoms with Crippen molar-refractivity contribution < 1.29 is 9.90 Å². The standard InChI is InChI=1S/C18H24N2O2S/c1-17(2,3)11-7-10(8-13-15(22)20-16(19)23-13)14(21)12(9-11)18(4,5)6/h7-9,21H,1-6H3,(H2,19,20,22). The fraction of sp³-hybridized carbons (Fsp3) is 0.444. The molecule has 0 radical (unpaired) electrons. The summed E-state index contributed by atoms with van der Waals surface area (Å²) < 4.78 is 0. The molecule has 2 rings (SSSR count). The lowest BCUT2D eigenvalue weighted by atomic mass is 9.79. The first-order valence-corrected chi connectivity index (χ1v) is 8.38. The predicted molar refractivity (Wildman–Crippen MR) is 96.9 cm³/mol. The van der Waals surface area contributed by atoms with E-state index in [-0.39, 0.29) is 27.7 Å². The predicted octanol–water partition coefficient (Wildman–Crippen LogP) is 4.13. The van der Waals surface area contributed by atoms with Crippen LogP contribution in [0, 0.1) is 5.41 Å². The second-order valence-electron chi connectivity index (χ2n) is 7.86. The zero-order chi connectivity index (χ0) is 17.6. The topological polar surface area (TPSA) is 73.2 Å². The van der Waals surface area contributed by atoms with E-state index in [4.69, 9.17) is 5.41 Å². The highest BCUT2D eigenvalue weighted by Crippen LogP contribution is 2.39. The van der Waals surface area contributed by atoms with Crippen LogP contribution in [0.1, 0.15) is 58.2 Å². The Labute approximate surface area is 141 Å². The Kier molecular flexibility index (Phi) is 4.37. The minimum atomic E-state index is -0.294. The number of phenolic OH excluding ortho intramolecular Hbond substituents is 1. The first kappa shape index (κ1) is 17.6. The van der Waals surface area contributed by atoms with Crippen LogP contribution in [0.15, 0.2) is 17.0 Å². The van der Waals surface area contributed by atoms with Crippen molar-refractivity contribution in [2.45, 2.75) is 52.4 Å². The van der Waals surface area contributed by atoms with Crippen LogP contribution in [0.4, 0.5) is 0 Å². The molecule has 124 valence electrons. The Bertz CT molecular complexity index is 707. The molecule has 0 bridgehead atoms. The van der Waals surface area contributed by atoms with Crippen molar-refractivity contribution in [3.05, 3.63) is 33.7 Å². The number of thioether (sulfide) groups is 1. The molecule has 0 saturated carbocycles. The summed E-state index contributed by atoms with van der Waals surface area (Å²) in [6.45, 7) is 12.5. The van der Waals surface area contributed by atoms with Crippen molar-refractivity contribution in [3.63, 3.8) is 0 Å². The minimum absolute atomic E-state index is 0.0707. The molecule has 1 amide bonds. The van der Waals surface area contributed by atoms with Crippen molar-refractivity contribution in [3.8, 4) is 5.75 Å². The van der Waals surface area contributed by atoms with Gasteiger partial charge < -0.3 is 10.4 Å². The number of benzene rings is 1. The van der Waals surface area contributed by atoms with E-state index in [0.717, 1.165) is 22.9 Å². The van der Waals surface area contributed by atoms with Crippen molar-refractivity contribution in [2.24, 2.45) is 0 Å². The molecule has 0 aromatic heterocycles. The summed E-state index contributed by atoms with van der Waals surface area (Å²) in [5, 5.41) is 20.8. The summed E-state index contributed by atoms with van der Waals surface area (Å²) >= 11 is 1.08. The Morgan fingerprint density at radius 1 is 1.13 bits per heavy atom. The molecule has 1 heterocycles. The molecule has 3 N–H and O–H groups in total. The molecule has 0 aliphatic carbocycles. The van der Waals surface area contributed by atoms with Crippen LogP contribution >= 0.6 is 11.8 Å². The van der Waals surface area contributed by atoms with Crippen LogP contribution in [-0.4, -0.2) is 16.2 Å². The molecule has 1 aromatic rings. The Balaban J connectivity index is 2.66. The smallest absolute Gasteiger partial charge is 0.264 e. The van der Waals surface area contributed by atoms with Gasteiger partial charge in [-0.05, 0) is 40.3 Å². The van der Waals surface area contributed by atoms with Gasteiger partial charge in [-0.1, -0.05) is 47.6 Å². The highest BCUT2D eigenvalue weighted by atomic mass is 32.2. The highest BCUT2D eigenvalue weighted by molar-refractivity contribution is 8.18. The molecule has 1 aliphatic heterocycles. The molecule has 0 unspecified atom stereocenters. The van der Waals surface area contributed by atoms with Gasteiger partial charge >= 0.3 is 0 Å². The fourth-order valence-corrected chi connectivity index (χ4v) is 3.05. The Morgan fingerprint density at radius 2 is 1.74 bits per heavy atom. The van der Waals surface area contributed by atoms with E-state index in [9.17, 15) is 9.90 Å². The van der Waals surface area contributed by atoms with Gasteiger partial charge in [0.1, 0.15) is 5.75 Å². The molecule has 0 spiro atoms. The summed E-state index contributed by atoms with van der Waals surface area (Å²) in [7, 11) is 0. The molecule has 1 fully saturated rings. The Morgan fingerprint density at radius 3 is 2.17 bits per heavy atom. The van der Waals surface area contributed by atoms with E-state index in [1.54, 1.807) is 6.08 Å². The summed E-state index contributed by atoms with van der Waals surface area (Å²) in [6.07, 6.45) is 1.67. The van der Waals surface area contributed by atoms with Gasteiger partial charge in [0.2, 0.25) is 0 Å². The number of aromatic hydroxyl groups is 1. The van der Waals surface area contributed by atoms with Gasteiger partial charge in [-0.2, -0.15) is 0 Å². The lowest BCUT2D eigenvalue weighted by molar-refractivity contribution is -0.115. The molecule has 0 atom stereocenters. The lowest BCUT2D eigenvalue weighted by Gasteiger charge is -2.27. The number of rotatable bonds is 1. The van der Waals surface area contributed by atoms with Crippen LogP contribution in [0.25, 0.3) is 6.08 Å². The summed E-state index contributed by atoms with van der Waals surface area (Å²) in [5.41, 5.74) is 2.30. The van der Waals surface area contributed by atoms with Crippen molar-refractivity contribution in [1.82, 2.24) is 5.32 Å². The summed E-state index contributed by atoms with van der Waals surface area (Å²) in [5.74, 6) is -0.0947. The minimum Gasteiger partial charge on any atom is -0.507 e. The average Bonchev–Trinajstić information content (AvgIpc) is 2.67. The highest BCUT2D eigenvalue weighted by Gasteiger charge is 2.27. The third-order valence-electron chi connectivity index (χ3n) is 3.76. The number of hydrogen-bond acceptors (Lipinski definition) is 4. The first-order chi connectivity index (χ1) is 10.4. The molecule has 1 aromatic carbocycles. The van der Waals surface area contributed by atoms with Crippen LogP contribution < -0.4 is 5.32 Å². The second-order valence-corrected chi connectivity index (χ2v) is 8.91. The molecule has 1 saturated heterocycles. The third-order valence-corrected chi connectivity index (χ3v) is 4.59. The number of amides is 1. The molecular weight excluding hydrogens is 308 g/mol. The maximum Gasteiger partial charge on any atom is 0.264 e. The largest absolute Gasteiger partial charge is 0.507 e.